The lowest BCUT2D eigenvalue weighted by atomic mass is 10.1. The van der Waals surface area contributed by atoms with E-state index in [1.807, 2.05) is 31.9 Å². The van der Waals surface area contributed by atoms with Crippen LogP contribution in [0, 0.1) is 19.7 Å². The fraction of sp³-hybridized carbons (Fsp3) is 0.435. The van der Waals surface area contributed by atoms with Crippen molar-refractivity contribution in [1.82, 2.24) is 20.3 Å². The molecule has 0 saturated heterocycles. The van der Waals surface area contributed by atoms with Crippen molar-refractivity contribution in [3.05, 3.63) is 58.9 Å². The van der Waals surface area contributed by atoms with Crippen LogP contribution in [0.15, 0.2) is 34.9 Å². The Hall–Kier alpha value is -2.61. The zero-order chi connectivity index (χ0) is 22.2. The van der Waals surface area contributed by atoms with Crippen molar-refractivity contribution >= 4 is 17.7 Å². The molecule has 6 nitrogen and oxygen atoms in total. The van der Waals surface area contributed by atoms with Crippen LogP contribution < -0.4 is 0 Å². The smallest absolute Gasteiger partial charge is 0.232 e. The molecule has 0 saturated carbocycles. The molecule has 166 valence electrons. The maximum Gasteiger partial charge on any atom is 0.232 e. The second kappa shape index (κ2) is 11.1. The Morgan fingerprint density at radius 1 is 1.19 bits per heavy atom. The molecule has 0 aliphatic heterocycles. The van der Waals surface area contributed by atoms with Crippen molar-refractivity contribution in [1.29, 1.82) is 0 Å². The molecule has 1 aromatic carbocycles. The number of nitrogens with zero attached hydrogens (tertiary/aromatic N) is 3. The number of nitrogens with one attached hydrogen (secondary N) is 1. The first kappa shape index (κ1) is 23.1. The van der Waals surface area contributed by atoms with Crippen molar-refractivity contribution in [2.45, 2.75) is 45.3 Å². The monoisotopic (exact) mass is 444 g/mol. The number of halogens is 1. The van der Waals surface area contributed by atoms with Crippen molar-refractivity contribution < 1.29 is 13.7 Å². The highest BCUT2D eigenvalue weighted by atomic mass is 32.2. The quantitative estimate of drug-likeness (QED) is 0.425. The van der Waals surface area contributed by atoms with Crippen LogP contribution in [0.4, 0.5) is 4.39 Å². The van der Waals surface area contributed by atoms with Gasteiger partial charge in [0.05, 0.1) is 17.1 Å². The van der Waals surface area contributed by atoms with Crippen LogP contribution in [0.1, 0.15) is 42.0 Å². The average molecular weight is 445 g/mol. The predicted molar refractivity (Wildman–Crippen MR) is 121 cm³/mol. The summed E-state index contributed by atoms with van der Waals surface area (Å²) < 4.78 is 18.2. The van der Waals surface area contributed by atoms with Gasteiger partial charge in [-0.25, -0.2) is 4.39 Å². The Labute approximate surface area is 186 Å². The summed E-state index contributed by atoms with van der Waals surface area (Å²) in [5, 5.41) is 11.3. The molecule has 31 heavy (non-hydrogen) atoms. The van der Waals surface area contributed by atoms with Gasteiger partial charge in [0.25, 0.3) is 0 Å². The number of aryl methyl sites for hydroxylation is 3. The van der Waals surface area contributed by atoms with Gasteiger partial charge in [0.15, 0.2) is 0 Å². The lowest BCUT2D eigenvalue weighted by Gasteiger charge is -2.16. The second-order valence-electron chi connectivity index (χ2n) is 7.71. The number of H-pyrrole nitrogens is 1. The molecule has 0 unspecified atom stereocenters. The van der Waals surface area contributed by atoms with E-state index in [2.05, 4.69) is 15.4 Å². The lowest BCUT2D eigenvalue weighted by Crippen LogP contribution is -2.29. The van der Waals surface area contributed by atoms with Gasteiger partial charge in [-0.1, -0.05) is 11.6 Å². The molecule has 1 amide bonds. The van der Waals surface area contributed by atoms with Gasteiger partial charge < -0.3 is 9.42 Å². The van der Waals surface area contributed by atoms with Crippen molar-refractivity contribution in [3.8, 4) is 11.3 Å². The van der Waals surface area contributed by atoms with Crippen molar-refractivity contribution in [3.63, 3.8) is 0 Å². The summed E-state index contributed by atoms with van der Waals surface area (Å²) in [6.45, 7) is 4.58. The number of amides is 1. The summed E-state index contributed by atoms with van der Waals surface area (Å²) in [5.41, 5.74) is 4.78. The minimum Gasteiger partial charge on any atom is -0.361 e. The molecule has 8 heteroatoms. The summed E-state index contributed by atoms with van der Waals surface area (Å²) in [6.07, 6.45) is 3.93. The fourth-order valence-corrected chi connectivity index (χ4v) is 4.40. The van der Waals surface area contributed by atoms with Crippen molar-refractivity contribution in [2.75, 3.05) is 19.3 Å². The molecule has 1 N–H and O–H groups in total. The minimum absolute atomic E-state index is 0.147. The van der Waals surface area contributed by atoms with Gasteiger partial charge in [0.1, 0.15) is 11.6 Å². The number of carbonyl (C=O) groups is 1. The average Bonchev–Trinajstić information content (AvgIpc) is 3.35. The van der Waals surface area contributed by atoms with Gasteiger partial charge in [-0.3, -0.25) is 9.89 Å². The van der Waals surface area contributed by atoms with Gasteiger partial charge in [0, 0.05) is 36.2 Å². The normalized spacial score (nSPS) is 11.1. The molecule has 0 radical (unpaired) electrons. The van der Waals surface area contributed by atoms with E-state index in [4.69, 9.17) is 4.52 Å². The molecule has 0 aliphatic rings. The van der Waals surface area contributed by atoms with Gasteiger partial charge in [-0.2, -0.15) is 5.10 Å². The molecule has 0 bridgehead atoms. The maximum atomic E-state index is 13.0. The minimum atomic E-state index is -0.248. The van der Waals surface area contributed by atoms with E-state index in [9.17, 15) is 9.18 Å². The summed E-state index contributed by atoms with van der Waals surface area (Å²) in [4.78, 5) is 14.1. The highest BCUT2D eigenvalue weighted by Gasteiger charge is 2.12. The molecule has 2 heterocycles. The molecule has 0 atom stereocenters. The molecule has 0 aliphatic carbocycles. The van der Waals surface area contributed by atoms with E-state index >= 15 is 0 Å². The third-order valence-corrected chi connectivity index (χ3v) is 6.23. The Kier molecular flexibility index (Phi) is 8.28. The molecule has 3 rings (SSSR count). The standard InChI is InChI=1S/C23H29FN4O2S/c1-16-21(17(2)30-27-16)14-31-15-23(29)28(3)12-6-4-5-7-20-13-22(26-25-20)18-8-10-19(24)11-9-18/h8-11,13H,4-7,12,14-15H2,1-3H3,(H,25,26). The number of rotatable bonds is 11. The third-order valence-electron chi connectivity index (χ3n) is 5.29. The number of aromatic nitrogens is 3. The van der Waals surface area contributed by atoms with E-state index in [0.717, 1.165) is 71.9 Å². The number of aromatic amines is 1. The number of thioether (sulfide) groups is 1. The number of hydrogen-bond donors (Lipinski definition) is 1. The molecular formula is C23H29FN4O2S. The van der Waals surface area contributed by atoms with Crippen molar-refractivity contribution in [2.24, 2.45) is 0 Å². The van der Waals surface area contributed by atoms with E-state index < -0.39 is 0 Å². The van der Waals surface area contributed by atoms with E-state index in [1.54, 1.807) is 23.9 Å². The van der Waals surface area contributed by atoms with Crippen LogP contribution in [0.25, 0.3) is 11.3 Å². The topological polar surface area (TPSA) is 75.0 Å². The first-order chi connectivity index (χ1) is 14.9. The molecular weight excluding hydrogens is 415 g/mol. The Morgan fingerprint density at radius 3 is 2.68 bits per heavy atom. The van der Waals surface area contributed by atoms with Crippen LogP contribution in [0.3, 0.4) is 0 Å². The number of hydrogen-bond acceptors (Lipinski definition) is 5. The van der Waals surface area contributed by atoms with E-state index in [0.29, 0.717) is 5.75 Å². The Morgan fingerprint density at radius 2 is 1.97 bits per heavy atom. The van der Waals surface area contributed by atoms with Crippen LogP contribution >= 0.6 is 11.8 Å². The first-order valence-corrected chi connectivity index (χ1v) is 11.6. The molecule has 0 spiro atoms. The highest BCUT2D eigenvalue weighted by Crippen LogP contribution is 2.20. The number of carbonyl (C=O) groups excluding carboxylic acids is 1. The highest BCUT2D eigenvalue weighted by molar-refractivity contribution is 7.99. The number of unbranched alkanes of at least 4 members (excludes halogenated alkanes) is 2. The largest absolute Gasteiger partial charge is 0.361 e. The Bertz CT molecular complexity index is 964. The van der Waals surface area contributed by atoms with Crippen LogP contribution in [0.5, 0.6) is 0 Å². The van der Waals surface area contributed by atoms with E-state index in [1.165, 1.54) is 12.1 Å². The zero-order valence-corrected chi connectivity index (χ0v) is 19.1. The lowest BCUT2D eigenvalue weighted by molar-refractivity contribution is -0.127. The number of benzene rings is 1. The van der Waals surface area contributed by atoms with Gasteiger partial charge >= 0.3 is 0 Å². The van der Waals surface area contributed by atoms with Gasteiger partial charge in [-0.15, -0.1) is 11.8 Å². The maximum absolute atomic E-state index is 13.0. The summed E-state index contributed by atoms with van der Waals surface area (Å²) in [7, 11) is 1.86. The van der Waals surface area contributed by atoms with Crippen LogP contribution in [-0.4, -0.2) is 45.5 Å². The SMILES string of the molecule is Cc1noc(C)c1CSCC(=O)N(C)CCCCCc1cc(-c2ccc(F)cc2)n[nH]1. The Balaban J connectivity index is 1.30. The fourth-order valence-electron chi connectivity index (χ4n) is 3.28. The molecule has 2 aromatic heterocycles. The summed E-state index contributed by atoms with van der Waals surface area (Å²) in [5.74, 6) is 1.93. The third kappa shape index (κ3) is 6.69. The first-order valence-electron chi connectivity index (χ1n) is 10.5. The van der Waals surface area contributed by atoms with Gasteiger partial charge in [0.2, 0.25) is 5.91 Å². The van der Waals surface area contributed by atoms with Crippen LogP contribution in [0.2, 0.25) is 0 Å². The second-order valence-corrected chi connectivity index (χ2v) is 8.69. The van der Waals surface area contributed by atoms with Crippen LogP contribution in [-0.2, 0) is 17.0 Å². The van der Waals surface area contributed by atoms with E-state index in [-0.39, 0.29) is 11.7 Å². The molecule has 3 aromatic rings. The predicted octanol–water partition coefficient (Wildman–Crippen LogP) is 4.93. The van der Waals surface area contributed by atoms with Gasteiger partial charge in [-0.05, 0) is 63.4 Å². The summed E-state index contributed by atoms with van der Waals surface area (Å²) >= 11 is 1.59. The zero-order valence-electron chi connectivity index (χ0n) is 18.3. The summed E-state index contributed by atoms with van der Waals surface area (Å²) in [6, 6.07) is 8.36. The molecule has 0 fully saturated rings.